The molecule has 0 radical (unpaired) electrons. The van der Waals surface area contributed by atoms with Crippen LogP contribution in [0.1, 0.15) is 12.5 Å². The largest absolute Gasteiger partial charge is 0.481 e. The molecule has 1 heterocycles. The molecule has 2 N–H and O–H groups in total. The average molecular weight is 326 g/mol. The van der Waals surface area contributed by atoms with Crippen LogP contribution >= 0.6 is 0 Å². The van der Waals surface area contributed by atoms with Crippen molar-refractivity contribution in [1.29, 1.82) is 0 Å². The first-order chi connectivity index (χ1) is 11.7. The summed E-state index contributed by atoms with van der Waals surface area (Å²) in [5, 5.41) is 5.76. The van der Waals surface area contributed by atoms with Crippen molar-refractivity contribution in [3.05, 3.63) is 48.5 Å². The minimum atomic E-state index is -0.170. The zero-order chi connectivity index (χ0) is 17.2. The number of benzene rings is 1. The third-order valence-corrected chi connectivity index (χ3v) is 3.37. The molecule has 1 aromatic heterocycles. The number of hydrogen-bond acceptors (Lipinski definition) is 3. The lowest BCUT2D eigenvalue weighted by Crippen LogP contribution is -2.43. The van der Waals surface area contributed by atoms with Gasteiger partial charge in [0.1, 0.15) is 12.4 Å². The average Bonchev–Trinajstić information content (AvgIpc) is 3.06. The number of carbonyl (C=O) groups excluding carboxylic acids is 1. The lowest BCUT2D eigenvalue weighted by Gasteiger charge is -2.15. The number of urea groups is 1. The van der Waals surface area contributed by atoms with Crippen molar-refractivity contribution < 1.29 is 9.53 Å². The van der Waals surface area contributed by atoms with Crippen molar-refractivity contribution in [2.24, 2.45) is 0 Å². The molecule has 6 nitrogen and oxygen atoms in total. The molecule has 0 unspecified atom stereocenters. The van der Waals surface area contributed by atoms with Gasteiger partial charge in [0.05, 0.1) is 6.33 Å². The molecule has 0 saturated carbocycles. The molecular formula is C18H22N4O2. The van der Waals surface area contributed by atoms with Gasteiger partial charge in [-0.05, 0) is 31.0 Å². The molecule has 0 aliphatic rings. The van der Waals surface area contributed by atoms with Crippen LogP contribution < -0.4 is 15.4 Å². The van der Waals surface area contributed by atoms with E-state index in [9.17, 15) is 4.79 Å². The van der Waals surface area contributed by atoms with E-state index in [-0.39, 0.29) is 18.7 Å². The number of rotatable bonds is 8. The van der Waals surface area contributed by atoms with Crippen LogP contribution in [-0.2, 0) is 13.0 Å². The lowest BCUT2D eigenvalue weighted by atomic mass is 10.1. The summed E-state index contributed by atoms with van der Waals surface area (Å²) in [6.07, 6.45) is 11.2. The Morgan fingerprint density at radius 3 is 2.88 bits per heavy atom. The number of amides is 2. The Balaban J connectivity index is 1.65. The molecule has 0 fully saturated rings. The van der Waals surface area contributed by atoms with Crippen LogP contribution in [0.4, 0.5) is 4.79 Å². The minimum Gasteiger partial charge on any atom is -0.481 e. The third-order valence-electron chi connectivity index (χ3n) is 3.37. The molecule has 0 bridgehead atoms. The van der Waals surface area contributed by atoms with Gasteiger partial charge in [0.25, 0.3) is 0 Å². The number of carbonyl (C=O) groups is 1. The summed E-state index contributed by atoms with van der Waals surface area (Å²) in [6, 6.07) is 7.53. The highest BCUT2D eigenvalue weighted by atomic mass is 16.5. The molecule has 0 saturated heterocycles. The zero-order valence-electron chi connectivity index (χ0n) is 13.7. The molecule has 2 rings (SSSR count). The van der Waals surface area contributed by atoms with Gasteiger partial charge in [-0.15, -0.1) is 6.42 Å². The first-order valence-electron chi connectivity index (χ1n) is 7.82. The van der Waals surface area contributed by atoms with Gasteiger partial charge in [0.15, 0.2) is 0 Å². The SMILES string of the molecule is C#CCOc1ccc(CCNC(=O)N[C@H](C)Cn2ccnc2)cc1. The van der Waals surface area contributed by atoms with Gasteiger partial charge in [-0.3, -0.25) is 0 Å². The highest BCUT2D eigenvalue weighted by Gasteiger charge is 2.07. The monoisotopic (exact) mass is 326 g/mol. The van der Waals surface area contributed by atoms with Crippen LogP contribution in [0.15, 0.2) is 43.0 Å². The molecule has 2 amide bonds. The van der Waals surface area contributed by atoms with Crippen LogP contribution in [0.3, 0.4) is 0 Å². The van der Waals surface area contributed by atoms with E-state index in [1.54, 1.807) is 12.5 Å². The van der Waals surface area contributed by atoms with Gasteiger partial charge in [-0.2, -0.15) is 0 Å². The van der Waals surface area contributed by atoms with E-state index in [4.69, 9.17) is 11.2 Å². The number of aromatic nitrogens is 2. The fourth-order valence-electron chi connectivity index (χ4n) is 2.23. The van der Waals surface area contributed by atoms with E-state index in [1.807, 2.05) is 42.0 Å². The van der Waals surface area contributed by atoms with Crippen molar-refractivity contribution in [2.45, 2.75) is 25.9 Å². The molecule has 1 aromatic carbocycles. The van der Waals surface area contributed by atoms with E-state index in [0.717, 1.165) is 17.7 Å². The van der Waals surface area contributed by atoms with Crippen LogP contribution in [0.2, 0.25) is 0 Å². The van der Waals surface area contributed by atoms with Gasteiger partial charge in [0, 0.05) is 31.5 Å². The predicted octanol–water partition coefficient (Wildman–Crippen LogP) is 1.83. The fraction of sp³-hybridized carbons (Fsp3) is 0.333. The summed E-state index contributed by atoms with van der Waals surface area (Å²) >= 11 is 0. The first-order valence-corrected chi connectivity index (χ1v) is 7.82. The molecular weight excluding hydrogens is 304 g/mol. The standard InChI is InChI=1S/C18H22N4O2/c1-3-12-24-17-6-4-16(5-7-17)8-9-20-18(23)21-15(2)13-22-11-10-19-14-22/h1,4-7,10-11,14-15H,8-9,12-13H2,2H3,(H2,20,21,23)/t15-/m1/s1. The highest BCUT2D eigenvalue weighted by molar-refractivity contribution is 5.74. The summed E-state index contributed by atoms with van der Waals surface area (Å²) in [5.74, 6) is 3.17. The van der Waals surface area contributed by atoms with Gasteiger partial charge in [-0.1, -0.05) is 18.1 Å². The number of nitrogens with zero attached hydrogens (tertiary/aromatic N) is 2. The smallest absolute Gasteiger partial charge is 0.315 e. The Bertz CT molecular complexity index is 659. The first kappa shape index (κ1) is 17.4. The molecule has 6 heteroatoms. The van der Waals surface area contributed by atoms with Crippen molar-refractivity contribution in [3.63, 3.8) is 0 Å². The van der Waals surface area contributed by atoms with Crippen LogP contribution in [-0.4, -0.2) is 34.8 Å². The maximum atomic E-state index is 11.9. The van der Waals surface area contributed by atoms with Crippen molar-refractivity contribution in [1.82, 2.24) is 20.2 Å². The van der Waals surface area contributed by atoms with Gasteiger partial charge in [0.2, 0.25) is 0 Å². The van der Waals surface area contributed by atoms with Gasteiger partial charge < -0.3 is 19.9 Å². The van der Waals surface area contributed by atoms with E-state index >= 15 is 0 Å². The zero-order valence-corrected chi connectivity index (χ0v) is 13.7. The molecule has 24 heavy (non-hydrogen) atoms. The summed E-state index contributed by atoms with van der Waals surface area (Å²) in [4.78, 5) is 15.8. The number of hydrogen-bond donors (Lipinski definition) is 2. The Labute approximate surface area is 142 Å². The number of ether oxygens (including phenoxy) is 1. The lowest BCUT2D eigenvalue weighted by molar-refractivity contribution is 0.236. The second kappa shape index (κ2) is 9.26. The Morgan fingerprint density at radius 2 is 2.21 bits per heavy atom. The predicted molar refractivity (Wildman–Crippen MR) is 92.7 cm³/mol. The minimum absolute atomic E-state index is 0.0202. The van der Waals surface area contributed by atoms with Crippen LogP contribution in [0.25, 0.3) is 0 Å². The molecule has 126 valence electrons. The van der Waals surface area contributed by atoms with Gasteiger partial charge in [-0.25, -0.2) is 9.78 Å². The van der Waals surface area contributed by atoms with E-state index < -0.39 is 0 Å². The highest BCUT2D eigenvalue weighted by Crippen LogP contribution is 2.12. The second-order valence-electron chi connectivity index (χ2n) is 5.45. The van der Waals surface area contributed by atoms with Crippen molar-refractivity contribution in [3.8, 4) is 18.1 Å². The molecule has 0 spiro atoms. The Kier molecular flexibility index (Phi) is 6.72. The number of nitrogens with one attached hydrogen (secondary N) is 2. The van der Waals surface area contributed by atoms with E-state index in [1.165, 1.54) is 0 Å². The molecule has 0 aliphatic carbocycles. The maximum absolute atomic E-state index is 11.9. The van der Waals surface area contributed by atoms with Crippen LogP contribution in [0.5, 0.6) is 5.75 Å². The molecule has 2 aromatic rings. The molecule has 0 aliphatic heterocycles. The van der Waals surface area contributed by atoms with Gasteiger partial charge >= 0.3 is 6.03 Å². The maximum Gasteiger partial charge on any atom is 0.315 e. The topological polar surface area (TPSA) is 68.2 Å². The molecule has 1 atom stereocenters. The Morgan fingerprint density at radius 1 is 1.42 bits per heavy atom. The summed E-state index contributed by atoms with van der Waals surface area (Å²) in [6.45, 7) is 3.47. The van der Waals surface area contributed by atoms with Crippen molar-refractivity contribution >= 4 is 6.03 Å². The number of terminal acetylenes is 1. The normalized spacial score (nSPS) is 11.3. The third kappa shape index (κ3) is 6.05. The quantitative estimate of drug-likeness (QED) is 0.727. The van der Waals surface area contributed by atoms with E-state index in [0.29, 0.717) is 13.1 Å². The van der Waals surface area contributed by atoms with E-state index in [2.05, 4.69) is 21.5 Å². The summed E-state index contributed by atoms with van der Waals surface area (Å²) in [7, 11) is 0. The fourth-order valence-corrected chi connectivity index (χ4v) is 2.23. The summed E-state index contributed by atoms with van der Waals surface area (Å²) < 4.78 is 7.24. The van der Waals surface area contributed by atoms with Crippen molar-refractivity contribution in [2.75, 3.05) is 13.2 Å². The Hall–Kier alpha value is -2.94. The summed E-state index contributed by atoms with van der Waals surface area (Å²) in [5.41, 5.74) is 1.12. The second-order valence-corrected chi connectivity index (χ2v) is 5.45. The van der Waals surface area contributed by atoms with Crippen LogP contribution in [0, 0.1) is 12.3 Å². The number of imidazole rings is 1.